The van der Waals surface area contributed by atoms with Crippen LogP contribution in [-0.4, -0.2) is 6.04 Å². The third kappa shape index (κ3) is 3.99. The number of aryl methyl sites for hydroxylation is 1. The van der Waals surface area contributed by atoms with E-state index in [0.717, 1.165) is 10.8 Å². The summed E-state index contributed by atoms with van der Waals surface area (Å²) in [6.45, 7) is 4.24. The number of hydrogen-bond donors (Lipinski definition) is 1. The van der Waals surface area contributed by atoms with Crippen LogP contribution in [0.25, 0.3) is 0 Å². The van der Waals surface area contributed by atoms with E-state index in [1.165, 1.54) is 16.0 Å². The third-order valence-corrected chi connectivity index (χ3v) is 6.01. The van der Waals surface area contributed by atoms with Crippen LogP contribution in [0.1, 0.15) is 28.2 Å². The van der Waals surface area contributed by atoms with Crippen LogP contribution in [-0.2, 0) is 5.75 Å². The summed E-state index contributed by atoms with van der Waals surface area (Å²) in [5.41, 5.74) is 8.78. The molecule has 0 aliphatic rings. The largest absolute Gasteiger partial charge is 0.327 e. The molecule has 2 N–H and O–H groups in total. The first kappa shape index (κ1) is 14.9. The summed E-state index contributed by atoms with van der Waals surface area (Å²) < 4.78 is 0. The monoisotopic (exact) mass is 311 g/mol. The van der Waals surface area contributed by atoms with Crippen LogP contribution in [0.15, 0.2) is 35.7 Å². The van der Waals surface area contributed by atoms with Gasteiger partial charge in [0, 0.05) is 21.7 Å². The zero-order chi connectivity index (χ0) is 13.8. The standard InChI is InChI=1S/C15H18ClNS2/c1-10-7-8-18-14(10)15(11(2)17)19-9-12-3-5-13(16)6-4-12/h3-8,11,15H,9,17H2,1-2H3. The van der Waals surface area contributed by atoms with Crippen molar-refractivity contribution < 1.29 is 0 Å². The highest BCUT2D eigenvalue weighted by Crippen LogP contribution is 2.38. The molecule has 0 amide bonds. The second kappa shape index (κ2) is 6.80. The quantitative estimate of drug-likeness (QED) is 0.838. The first-order chi connectivity index (χ1) is 9.08. The van der Waals surface area contributed by atoms with E-state index in [4.69, 9.17) is 17.3 Å². The van der Waals surface area contributed by atoms with Gasteiger partial charge in [0.2, 0.25) is 0 Å². The maximum atomic E-state index is 6.15. The van der Waals surface area contributed by atoms with E-state index in [0.29, 0.717) is 5.25 Å². The number of benzene rings is 1. The molecular formula is C15H18ClNS2. The maximum absolute atomic E-state index is 6.15. The molecule has 0 aliphatic heterocycles. The third-order valence-electron chi connectivity index (χ3n) is 2.98. The van der Waals surface area contributed by atoms with Crippen molar-refractivity contribution in [1.82, 2.24) is 0 Å². The molecule has 1 aromatic carbocycles. The van der Waals surface area contributed by atoms with Gasteiger partial charge in [-0.25, -0.2) is 0 Å². The highest BCUT2D eigenvalue weighted by atomic mass is 35.5. The minimum Gasteiger partial charge on any atom is -0.327 e. The molecule has 2 aromatic rings. The highest BCUT2D eigenvalue weighted by molar-refractivity contribution is 7.98. The van der Waals surface area contributed by atoms with E-state index < -0.39 is 0 Å². The summed E-state index contributed by atoms with van der Waals surface area (Å²) >= 11 is 9.61. The van der Waals surface area contributed by atoms with Gasteiger partial charge in [-0.1, -0.05) is 23.7 Å². The Bertz CT molecular complexity index is 519. The molecule has 2 rings (SSSR count). The molecule has 0 saturated carbocycles. The van der Waals surface area contributed by atoms with Crippen molar-refractivity contribution in [2.45, 2.75) is 30.9 Å². The average Bonchev–Trinajstić information content (AvgIpc) is 2.78. The van der Waals surface area contributed by atoms with Gasteiger partial charge in [0.25, 0.3) is 0 Å². The summed E-state index contributed by atoms with van der Waals surface area (Å²) in [5.74, 6) is 0.959. The van der Waals surface area contributed by atoms with Crippen LogP contribution in [0.3, 0.4) is 0 Å². The Labute approximate surface area is 128 Å². The summed E-state index contributed by atoms with van der Waals surface area (Å²) in [7, 11) is 0. The smallest absolute Gasteiger partial charge is 0.0545 e. The number of rotatable bonds is 5. The molecule has 19 heavy (non-hydrogen) atoms. The average molecular weight is 312 g/mol. The number of thiophene rings is 1. The van der Waals surface area contributed by atoms with E-state index in [-0.39, 0.29) is 6.04 Å². The van der Waals surface area contributed by atoms with Crippen molar-refractivity contribution in [2.75, 3.05) is 0 Å². The van der Waals surface area contributed by atoms with Gasteiger partial charge in [0.1, 0.15) is 0 Å². The van der Waals surface area contributed by atoms with Crippen molar-refractivity contribution in [1.29, 1.82) is 0 Å². The van der Waals surface area contributed by atoms with E-state index in [2.05, 4.69) is 37.4 Å². The molecule has 0 fully saturated rings. The van der Waals surface area contributed by atoms with Gasteiger partial charge in [-0.15, -0.1) is 23.1 Å². The SMILES string of the molecule is Cc1ccsc1C(SCc1ccc(Cl)cc1)C(C)N. The van der Waals surface area contributed by atoms with Crippen molar-refractivity contribution in [2.24, 2.45) is 5.73 Å². The molecule has 1 nitrogen and oxygen atoms in total. The Morgan fingerprint density at radius 1 is 1.26 bits per heavy atom. The van der Waals surface area contributed by atoms with Gasteiger partial charge in [-0.2, -0.15) is 0 Å². The van der Waals surface area contributed by atoms with Crippen molar-refractivity contribution in [3.8, 4) is 0 Å². The summed E-state index contributed by atoms with van der Waals surface area (Å²) in [6.07, 6.45) is 0. The molecule has 0 saturated heterocycles. The van der Waals surface area contributed by atoms with E-state index in [9.17, 15) is 0 Å². The van der Waals surface area contributed by atoms with Gasteiger partial charge in [0.05, 0.1) is 5.25 Å². The molecule has 2 unspecified atom stereocenters. The Hall–Kier alpha value is -0.480. The molecule has 2 atom stereocenters. The van der Waals surface area contributed by atoms with Crippen LogP contribution in [0, 0.1) is 6.92 Å². The lowest BCUT2D eigenvalue weighted by atomic mass is 10.1. The van der Waals surface area contributed by atoms with Crippen LogP contribution in [0.4, 0.5) is 0 Å². The molecule has 0 radical (unpaired) electrons. The van der Waals surface area contributed by atoms with Gasteiger partial charge in [-0.3, -0.25) is 0 Å². The fourth-order valence-electron chi connectivity index (χ4n) is 1.91. The normalized spacial score (nSPS) is 14.3. The lowest BCUT2D eigenvalue weighted by Crippen LogP contribution is -2.22. The van der Waals surface area contributed by atoms with Crippen LogP contribution >= 0.6 is 34.7 Å². The predicted octanol–water partition coefficient (Wildman–Crippen LogP) is 5.03. The lowest BCUT2D eigenvalue weighted by Gasteiger charge is -2.20. The Kier molecular flexibility index (Phi) is 5.34. The van der Waals surface area contributed by atoms with Crippen LogP contribution in [0.5, 0.6) is 0 Å². The number of nitrogens with two attached hydrogens (primary N) is 1. The molecule has 0 bridgehead atoms. The molecule has 4 heteroatoms. The number of hydrogen-bond acceptors (Lipinski definition) is 3. The van der Waals surface area contributed by atoms with Gasteiger partial charge in [-0.05, 0) is 48.6 Å². The number of thioether (sulfide) groups is 1. The second-order valence-corrected chi connectivity index (χ2v) is 7.20. The molecule has 1 aromatic heterocycles. The molecule has 0 spiro atoms. The fourth-order valence-corrected chi connectivity index (χ4v) is 4.63. The molecular weight excluding hydrogens is 294 g/mol. The topological polar surface area (TPSA) is 26.0 Å². The number of halogens is 1. The fraction of sp³-hybridized carbons (Fsp3) is 0.333. The van der Waals surface area contributed by atoms with Gasteiger partial charge < -0.3 is 5.73 Å². The van der Waals surface area contributed by atoms with Crippen LogP contribution in [0.2, 0.25) is 5.02 Å². The first-order valence-corrected chi connectivity index (χ1v) is 8.54. The maximum Gasteiger partial charge on any atom is 0.0545 e. The Morgan fingerprint density at radius 3 is 2.47 bits per heavy atom. The summed E-state index contributed by atoms with van der Waals surface area (Å²) in [4.78, 5) is 1.40. The minimum absolute atomic E-state index is 0.148. The van der Waals surface area contributed by atoms with Crippen LogP contribution < -0.4 is 5.73 Å². The summed E-state index contributed by atoms with van der Waals surface area (Å²) in [5, 5.41) is 3.28. The molecule has 102 valence electrons. The van der Waals surface area contributed by atoms with Gasteiger partial charge >= 0.3 is 0 Å². The van der Waals surface area contributed by atoms with Crippen molar-refractivity contribution in [3.63, 3.8) is 0 Å². The Balaban J connectivity index is 2.06. The molecule has 0 aliphatic carbocycles. The first-order valence-electron chi connectivity index (χ1n) is 6.23. The van der Waals surface area contributed by atoms with E-state index >= 15 is 0 Å². The molecule has 1 heterocycles. The predicted molar refractivity (Wildman–Crippen MR) is 88.2 cm³/mol. The second-order valence-electron chi connectivity index (χ2n) is 4.69. The zero-order valence-corrected chi connectivity index (χ0v) is 13.5. The zero-order valence-electron chi connectivity index (χ0n) is 11.1. The van der Waals surface area contributed by atoms with Crippen molar-refractivity contribution >= 4 is 34.7 Å². The van der Waals surface area contributed by atoms with E-state index in [1.807, 2.05) is 23.9 Å². The van der Waals surface area contributed by atoms with Crippen molar-refractivity contribution in [3.05, 3.63) is 56.7 Å². The highest BCUT2D eigenvalue weighted by Gasteiger charge is 2.19. The van der Waals surface area contributed by atoms with Gasteiger partial charge in [0.15, 0.2) is 0 Å². The Morgan fingerprint density at radius 2 is 1.95 bits per heavy atom. The minimum atomic E-state index is 0.148. The summed E-state index contributed by atoms with van der Waals surface area (Å²) in [6, 6.07) is 10.3. The van der Waals surface area contributed by atoms with E-state index in [1.54, 1.807) is 11.3 Å². The lowest BCUT2D eigenvalue weighted by molar-refractivity contribution is 0.727.